The van der Waals surface area contributed by atoms with Crippen LogP contribution in [0, 0.1) is 11.2 Å². The first-order valence-corrected chi connectivity index (χ1v) is 12.9. The Labute approximate surface area is 208 Å². The molecule has 0 unspecified atom stereocenters. The van der Waals surface area contributed by atoms with Crippen molar-refractivity contribution in [1.29, 1.82) is 0 Å². The lowest BCUT2D eigenvalue weighted by Crippen LogP contribution is -2.79. The lowest BCUT2D eigenvalue weighted by atomic mass is 9.39. The van der Waals surface area contributed by atoms with Crippen molar-refractivity contribution in [3.8, 4) is 0 Å². The molecule has 2 bridgehead atoms. The van der Waals surface area contributed by atoms with E-state index in [4.69, 9.17) is 17.3 Å². The standard InChI is InChI=1S/C24H27ClFN3O5S/c1-22(2,27)19(20(30)31)28-21(32)23-12-24(13-23,14-23)29(11-15-8-9-17(25)18(26)10-15)35(33,34)16-6-4-3-5-7-16/h3-10,19H,11-14,27H2,1-2H3,(H,28,32)(H,30,31)/t19-,23?,24?/m0/s1. The second-order valence-corrected chi connectivity index (χ2v) is 12.4. The molecule has 3 aliphatic carbocycles. The van der Waals surface area contributed by atoms with Gasteiger partial charge >= 0.3 is 5.97 Å². The van der Waals surface area contributed by atoms with Gasteiger partial charge in [-0.1, -0.05) is 35.9 Å². The predicted octanol–water partition coefficient (Wildman–Crippen LogP) is 2.90. The third-order valence-corrected chi connectivity index (χ3v) is 9.19. The first-order valence-electron chi connectivity index (χ1n) is 11.0. The minimum atomic E-state index is -3.98. The Hall–Kier alpha value is -2.53. The van der Waals surface area contributed by atoms with E-state index in [-0.39, 0.29) is 35.7 Å². The number of sulfonamides is 1. The molecule has 188 valence electrons. The molecule has 0 heterocycles. The van der Waals surface area contributed by atoms with Crippen LogP contribution in [-0.2, 0) is 26.2 Å². The largest absolute Gasteiger partial charge is 0.480 e. The maximum atomic E-state index is 14.1. The van der Waals surface area contributed by atoms with Crippen LogP contribution in [0.3, 0.4) is 0 Å². The van der Waals surface area contributed by atoms with Crippen molar-refractivity contribution >= 4 is 33.5 Å². The van der Waals surface area contributed by atoms with Crippen LogP contribution in [0.1, 0.15) is 38.7 Å². The number of carboxylic acids is 1. The number of hydrogen-bond acceptors (Lipinski definition) is 5. The van der Waals surface area contributed by atoms with Crippen LogP contribution in [0.15, 0.2) is 53.4 Å². The number of nitrogens with two attached hydrogens (primary N) is 1. The maximum Gasteiger partial charge on any atom is 0.328 e. The quantitative estimate of drug-likeness (QED) is 0.463. The molecule has 2 aromatic carbocycles. The highest BCUT2D eigenvalue weighted by Gasteiger charge is 2.75. The van der Waals surface area contributed by atoms with E-state index < -0.39 is 50.3 Å². The Kier molecular flexibility index (Phi) is 6.24. The molecule has 1 amide bonds. The van der Waals surface area contributed by atoms with Gasteiger partial charge < -0.3 is 16.2 Å². The van der Waals surface area contributed by atoms with E-state index >= 15 is 0 Å². The van der Waals surface area contributed by atoms with E-state index in [1.54, 1.807) is 24.3 Å². The Morgan fingerprint density at radius 2 is 1.80 bits per heavy atom. The zero-order chi connectivity index (χ0) is 25.8. The van der Waals surface area contributed by atoms with E-state index in [1.807, 2.05) is 0 Å². The maximum absolute atomic E-state index is 14.1. The van der Waals surface area contributed by atoms with Crippen molar-refractivity contribution in [3.05, 3.63) is 64.9 Å². The lowest BCUT2D eigenvalue weighted by Gasteiger charge is -2.72. The SMILES string of the molecule is CC(C)(N)[C@@H](NC(=O)C12CC(N(Cc3ccc(Cl)c(F)c3)S(=O)(=O)c3ccccc3)(C1)C2)C(=O)O. The number of carboxylic acid groups (broad SMARTS) is 1. The van der Waals surface area contributed by atoms with Crippen molar-refractivity contribution < 1.29 is 27.5 Å². The molecule has 11 heteroatoms. The summed E-state index contributed by atoms with van der Waals surface area (Å²) in [6.07, 6.45) is 0.682. The molecule has 3 aliphatic rings. The number of carbonyl (C=O) groups is 2. The first kappa shape index (κ1) is 25.6. The van der Waals surface area contributed by atoms with Gasteiger partial charge in [0.15, 0.2) is 0 Å². The summed E-state index contributed by atoms with van der Waals surface area (Å²) in [6, 6.07) is 10.8. The smallest absolute Gasteiger partial charge is 0.328 e. The van der Waals surface area contributed by atoms with E-state index in [0.717, 1.165) is 0 Å². The number of amides is 1. The van der Waals surface area contributed by atoms with Gasteiger partial charge in [-0.05, 0) is 62.9 Å². The van der Waals surface area contributed by atoms with Gasteiger partial charge in [-0.25, -0.2) is 17.6 Å². The summed E-state index contributed by atoms with van der Waals surface area (Å²) < 4.78 is 42.7. The fraction of sp³-hybridized carbons (Fsp3) is 0.417. The molecule has 0 spiro atoms. The topological polar surface area (TPSA) is 130 Å². The average molecular weight is 524 g/mol. The molecule has 3 saturated carbocycles. The molecule has 8 nitrogen and oxygen atoms in total. The first-order chi connectivity index (χ1) is 16.2. The molecular formula is C24H27ClFN3O5S. The number of nitrogens with one attached hydrogen (secondary N) is 1. The van der Waals surface area contributed by atoms with Gasteiger partial charge in [0, 0.05) is 17.6 Å². The molecule has 0 saturated heterocycles. The van der Waals surface area contributed by atoms with E-state index in [2.05, 4.69) is 5.32 Å². The average Bonchev–Trinajstić information content (AvgIpc) is 2.71. The summed E-state index contributed by atoms with van der Waals surface area (Å²) in [6.45, 7) is 2.92. The molecule has 35 heavy (non-hydrogen) atoms. The van der Waals surface area contributed by atoms with E-state index in [0.29, 0.717) is 5.56 Å². The zero-order valence-electron chi connectivity index (χ0n) is 19.3. The molecule has 4 N–H and O–H groups in total. The minimum Gasteiger partial charge on any atom is -0.480 e. The molecule has 3 fully saturated rings. The van der Waals surface area contributed by atoms with Crippen LogP contribution < -0.4 is 11.1 Å². The van der Waals surface area contributed by atoms with Gasteiger partial charge in [-0.3, -0.25) is 4.79 Å². The van der Waals surface area contributed by atoms with Gasteiger partial charge in [0.25, 0.3) is 0 Å². The summed E-state index contributed by atoms with van der Waals surface area (Å²) in [5, 5.41) is 11.9. The molecule has 5 rings (SSSR count). The Morgan fingerprint density at radius 3 is 2.31 bits per heavy atom. The molecule has 1 atom stereocenters. The van der Waals surface area contributed by atoms with Crippen molar-refractivity contribution in [3.63, 3.8) is 0 Å². The van der Waals surface area contributed by atoms with Crippen LogP contribution in [0.4, 0.5) is 4.39 Å². The van der Waals surface area contributed by atoms with Crippen LogP contribution in [0.5, 0.6) is 0 Å². The third-order valence-electron chi connectivity index (χ3n) is 6.92. The number of benzene rings is 2. The van der Waals surface area contributed by atoms with Crippen LogP contribution in [-0.4, -0.2) is 46.8 Å². The van der Waals surface area contributed by atoms with Gasteiger partial charge in [-0.15, -0.1) is 0 Å². The summed E-state index contributed by atoms with van der Waals surface area (Å²) >= 11 is 5.79. The number of nitrogens with zero attached hydrogens (tertiary/aromatic N) is 1. The van der Waals surface area contributed by atoms with E-state index in [1.165, 1.54) is 42.4 Å². The van der Waals surface area contributed by atoms with Crippen molar-refractivity contribution in [2.24, 2.45) is 11.1 Å². The van der Waals surface area contributed by atoms with E-state index in [9.17, 15) is 27.5 Å². The number of carbonyl (C=O) groups excluding carboxylic acids is 1. The van der Waals surface area contributed by atoms with Gasteiger partial charge in [0.05, 0.1) is 15.3 Å². The van der Waals surface area contributed by atoms with Gasteiger partial charge in [0.2, 0.25) is 15.9 Å². The van der Waals surface area contributed by atoms with Crippen LogP contribution in [0.2, 0.25) is 5.02 Å². The van der Waals surface area contributed by atoms with Crippen molar-refractivity contribution in [2.75, 3.05) is 0 Å². The number of aliphatic carboxylic acids is 1. The highest BCUT2D eigenvalue weighted by atomic mass is 35.5. The molecule has 0 radical (unpaired) electrons. The zero-order valence-corrected chi connectivity index (χ0v) is 20.9. The van der Waals surface area contributed by atoms with Crippen molar-refractivity contribution in [2.45, 2.75) is 61.7 Å². The predicted molar refractivity (Wildman–Crippen MR) is 127 cm³/mol. The summed E-state index contributed by atoms with van der Waals surface area (Å²) in [4.78, 5) is 24.7. The van der Waals surface area contributed by atoms with Crippen molar-refractivity contribution in [1.82, 2.24) is 9.62 Å². The van der Waals surface area contributed by atoms with Gasteiger partial charge in [0.1, 0.15) is 11.9 Å². The molecule has 0 aromatic heterocycles. The monoisotopic (exact) mass is 523 g/mol. The fourth-order valence-electron chi connectivity index (χ4n) is 5.12. The summed E-state index contributed by atoms with van der Waals surface area (Å²) in [5.41, 5.74) is 3.46. The number of hydrogen-bond donors (Lipinski definition) is 3. The Morgan fingerprint density at radius 1 is 1.20 bits per heavy atom. The number of halogens is 2. The lowest BCUT2D eigenvalue weighted by molar-refractivity contribution is -0.203. The Bertz CT molecular complexity index is 1260. The van der Waals surface area contributed by atoms with Crippen LogP contribution >= 0.6 is 11.6 Å². The second kappa shape index (κ2) is 8.55. The summed E-state index contributed by atoms with van der Waals surface area (Å²) in [7, 11) is -3.98. The molecular weight excluding hydrogens is 497 g/mol. The molecule has 0 aliphatic heterocycles. The minimum absolute atomic E-state index is 0.0665. The highest BCUT2D eigenvalue weighted by molar-refractivity contribution is 7.89. The molecule has 2 aromatic rings. The number of rotatable bonds is 9. The van der Waals surface area contributed by atoms with Gasteiger partial charge in [-0.2, -0.15) is 4.31 Å². The third kappa shape index (κ3) is 4.44. The fourth-order valence-corrected chi connectivity index (χ4v) is 7.02. The highest BCUT2D eigenvalue weighted by Crippen LogP contribution is 2.71. The Balaban J connectivity index is 1.60. The second-order valence-electron chi connectivity index (χ2n) is 10.2. The summed E-state index contributed by atoms with van der Waals surface area (Å²) in [5.74, 6) is -2.36. The normalized spacial score (nSPS) is 24.3. The van der Waals surface area contributed by atoms with Crippen LogP contribution in [0.25, 0.3) is 0 Å².